The molecule has 7 heteroatoms. The molecule has 1 fully saturated rings. The number of anilines is 1. The number of nitro groups is 1. The first-order chi connectivity index (χ1) is 8.39. The summed E-state index contributed by atoms with van der Waals surface area (Å²) in [7, 11) is 0. The van der Waals surface area contributed by atoms with E-state index < -0.39 is 17.4 Å². The molecular weight excluding hydrogens is 266 g/mol. The van der Waals surface area contributed by atoms with Gasteiger partial charge in [-0.1, -0.05) is 11.6 Å². The summed E-state index contributed by atoms with van der Waals surface area (Å²) in [4.78, 5) is 11.7. The van der Waals surface area contributed by atoms with Gasteiger partial charge in [0, 0.05) is 24.1 Å². The lowest BCUT2D eigenvalue weighted by molar-refractivity contribution is -0.384. The zero-order valence-corrected chi connectivity index (χ0v) is 10.2. The monoisotopic (exact) mass is 276 g/mol. The zero-order chi connectivity index (χ0) is 13.3. The Morgan fingerprint density at radius 1 is 1.44 bits per heavy atom. The van der Waals surface area contributed by atoms with Crippen LogP contribution in [0.3, 0.4) is 0 Å². The van der Waals surface area contributed by atoms with Crippen molar-refractivity contribution in [2.75, 3.05) is 18.0 Å². The van der Waals surface area contributed by atoms with Crippen molar-refractivity contribution in [2.24, 2.45) is 0 Å². The third-order valence-corrected chi connectivity index (χ3v) is 3.10. The maximum Gasteiger partial charge on any atom is 0.294 e. The lowest BCUT2D eigenvalue weighted by atomic mass is 10.1. The molecule has 1 heterocycles. The lowest BCUT2D eigenvalue weighted by Gasteiger charge is -2.33. The Labute approximate surface area is 107 Å². The Hall–Kier alpha value is -1.43. The van der Waals surface area contributed by atoms with Crippen molar-refractivity contribution in [3.8, 4) is 0 Å². The predicted molar refractivity (Wildman–Crippen MR) is 64.5 cm³/mol. The lowest BCUT2D eigenvalue weighted by Crippen LogP contribution is -2.42. The van der Waals surface area contributed by atoms with Crippen molar-refractivity contribution >= 4 is 23.0 Å². The van der Waals surface area contributed by atoms with Crippen LogP contribution < -0.4 is 4.90 Å². The summed E-state index contributed by atoms with van der Waals surface area (Å²) < 4.78 is 26.6. The van der Waals surface area contributed by atoms with Gasteiger partial charge in [-0.3, -0.25) is 10.1 Å². The van der Waals surface area contributed by atoms with E-state index in [1.54, 1.807) is 0 Å². The smallest absolute Gasteiger partial charge is 0.294 e. The van der Waals surface area contributed by atoms with Gasteiger partial charge in [-0.05, 0) is 18.6 Å². The highest BCUT2D eigenvalue weighted by molar-refractivity contribution is 6.30. The molecule has 0 aromatic heterocycles. The van der Waals surface area contributed by atoms with Crippen molar-refractivity contribution < 1.29 is 13.7 Å². The van der Waals surface area contributed by atoms with Crippen molar-refractivity contribution in [3.63, 3.8) is 0 Å². The minimum Gasteiger partial charge on any atom is -0.360 e. The Morgan fingerprint density at radius 3 is 2.78 bits per heavy atom. The molecule has 4 nitrogen and oxygen atoms in total. The van der Waals surface area contributed by atoms with Crippen LogP contribution in [0.1, 0.15) is 12.8 Å². The molecule has 0 saturated carbocycles. The minimum absolute atomic E-state index is 0.176. The van der Waals surface area contributed by atoms with Gasteiger partial charge in [-0.15, -0.1) is 0 Å². The van der Waals surface area contributed by atoms with E-state index in [0.29, 0.717) is 13.0 Å². The van der Waals surface area contributed by atoms with Crippen LogP contribution in [0.15, 0.2) is 18.2 Å². The van der Waals surface area contributed by atoms with Gasteiger partial charge >= 0.3 is 0 Å². The first kappa shape index (κ1) is 13.0. The Balaban J connectivity index is 2.35. The number of benzene rings is 1. The zero-order valence-electron chi connectivity index (χ0n) is 9.41. The summed E-state index contributed by atoms with van der Waals surface area (Å²) in [5.41, 5.74) is -0.0380. The van der Waals surface area contributed by atoms with E-state index in [4.69, 9.17) is 11.6 Å². The highest BCUT2D eigenvalue weighted by Crippen LogP contribution is 2.36. The van der Waals surface area contributed by atoms with Gasteiger partial charge in [0.15, 0.2) is 0 Å². The van der Waals surface area contributed by atoms with Gasteiger partial charge in [-0.25, -0.2) is 8.78 Å². The van der Waals surface area contributed by atoms with Crippen LogP contribution in [0, 0.1) is 10.1 Å². The van der Waals surface area contributed by atoms with Crippen LogP contribution >= 0.6 is 11.6 Å². The number of hydrogen-bond acceptors (Lipinski definition) is 3. The highest BCUT2D eigenvalue weighted by Gasteiger charge is 2.37. The van der Waals surface area contributed by atoms with Crippen molar-refractivity contribution in [3.05, 3.63) is 33.3 Å². The fourth-order valence-electron chi connectivity index (χ4n) is 2.08. The molecule has 1 saturated heterocycles. The van der Waals surface area contributed by atoms with Crippen molar-refractivity contribution in [2.45, 2.75) is 18.8 Å². The molecule has 1 aliphatic heterocycles. The molecule has 0 atom stereocenters. The maximum atomic E-state index is 13.3. The normalized spacial score (nSPS) is 18.7. The summed E-state index contributed by atoms with van der Waals surface area (Å²) >= 11 is 5.68. The Kier molecular flexibility index (Phi) is 3.38. The number of nitro benzene ring substituents is 1. The maximum absolute atomic E-state index is 13.3. The fourth-order valence-corrected chi connectivity index (χ4v) is 2.25. The number of nitrogens with zero attached hydrogens (tertiary/aromatic N) is 2. The average Bonchev–Trinajstić information content (AvgIpc) is 2.27. The largest absolute Gasteiger partial charge is 0.360 e. The third-order valence-electron chi connectivity index (χ3n) is 2.87. The number of hydrogen-bond donors (Lipinski definition) is 0. The van der Waals surface area contributed by atoms with Crippen molar-refractivity contribution in [1.82, 2.24) is 0 Å². The molecular formula is C11H11ClF2N2O2. The van der Waals surface area contributed by atoms with Crippen LogP contribution in [-0.4, -0.2) is 23.9 Å². The first-order valence-electron chi connectivity index (χ1n) is 5.46. The minimum atomic E-state index is -2.80. The molecule has 0 aliphatic carbocycles. The van der Waals surface area contributed by atoms with Gasteiger partial charge in [0.25, 0.3) is 11.6 Å². The van der Waals surface area contributed by atoms with E-state index in [2.05, 4.69) is 0 Å². The molecule has 2 rings (SSSR count). The molecule has 0 spiro atoms. The molecule has 98 valence electrons. The van der Waals surface area contributed by atoms with Crippen LogP contribution in [0.25, 0.3) is 0 Å². The Morgan fingerprint density at radius 2 is 2.17 bits per heavy atom. The van der Waals surface area contributed by atoms with E-state index in [9.17, 15) is 18.9 Å². The average molecular weight is 277 g/mol. The summed E-state index contributed by atoms with van der Waals surface area (Å²) in [6.07, 6.45) is 0.137. The van der Waals surface area contributed by atoms with Crippen molar-refractivity contribution in [1.29, 1.82) is 0 Å². The molecule has 18 heavy (non-hydrogen) atoms. The molecule has 0 N–H and O–H groups in total. The summed E-state index contributed by atoms with van der Waals surface area (Å²) in [6, 6.07) is 4.07. The molecule has 0 amide bonds. The van der Waals surface area contributed by atoms with Crippen LogP contribution in [0.4, 0.5) is 20.2 Å². The summed E-state index contributed by atoms with van der Waals surface area (Å²) in [6.45, 7) is -0.104. The van der Waals surface area contributed by atoms with E-state index in [1.807, 2.05) is 0 Å². The second-order valence-corrected chi connectivity index (χ2v) is 4.71. The summed E-state index contributed by atoms with van der Waals surface area (Å²) in [5, 5.41) is 11.1. The van der Waals surface area contributed by atoms with E-state index in [1.165, 1.54) is 23.1 Å². The number of halogens is 3. The van der Waals surface area contributed by atoms with Gasteiger partial charge in [-0.2, -0.15) is 0 Å². The second-order valence-electron chi connectivity index (χ2n) is 4.27. The highest BCUT2D eigenvalue weighted by atomic mass is 35.5. The van der Waals surface area contributed by atoms with Crippen LogP contribution in [0.2, 0.25) is 5.02 Å². The van der Waals surface area contributed by atoms with Gasteiger partial charge in [0.2, 0.25) is 0 Å². The molecule has 1 aromatic carbocycles. The third kappa shape index (κ3) is 2.69. The number of rotatable bonds is 2. The second kappa shape index (κ2) is 4.68. The van der Waals surface area contributed by atoms with Gasteiger partial charge in [0.1, 0.15) is 5.69 Å². The van der Waals surface area contributed by atoms with Crippen LogP contribution in [-0.2, 0) is 0 Å². The first-order valence-corrected chi connectivity index (χ1v) is 5.83. The van der Waals surface area contributed by atoms with Gasteiger partial charge in [0.05, 0.1) is 11.5 Å². The number of piperidine rings is 1. The molecule has 1 aromatic rings. The molecule has 0 radical (unpaired) electrons. The van der Waals surface area contributed by atoms with E-state index >= 15 is 0 Å². The molecule has 1 aliphatic rings. The van der Waals surface area contributed by atoms with Gasteiger partial charge < -0.3 is 4.90 Å². The standard InChI is InChI=1S/C11H11ClF2N2O2/c12-8-2-3-9(10(6-8)16(17)18)15-5-1-4-11(13,14)7-15/h2-3,6H,1,4-5,7H2. The predicted octanol–water partition coefficient (Wildman–Crippen LogP) is 3.48. The number of alkyl halides is 2. The topological polar surface area (TPSA) is 46.4 Å². The SMILES string of the molecule is O=[N+]([O-])c1cc(Cl)ccc1N1CCCC(F)(F)C1. The van der Waals surface area contributed by atoms with Crippen LogP contribution in [0.5, 0.6) is 0 Å². The van der Waals surface area contributed by atoms with E-state index in [0.717, 1.165) is 0 Å². The molecule has 0 bridgehead atoms. The fraction of sp³-hybridized carbons (Fsp3) is 0.455. The van der Waals surface area contributed by atoms with E-state index in [-0.39, 0.29) is 22.8 Å². The summed E-state index contributed by atoms with van der Waals surface area (Å²) in [5.74, 6) is -2.80. The Bertz CT molecular complexity index is 482. The quantitative estimate of drug-likeness (QED) is 0.614. The molecule has 0 unspecified atom stereocenters.